The number of carbonyl (C=O) groups excluding carboxylic acids is 2. The molecular formula is C21H23N3O3. The van der Waals surface area contributed by atoms with Gasteiger partial charge in [-0.2, -0.15) is 0 Å². The van der Waals surface area contributed by atoms with Crippen molar-refractivity contribution in [2.24, 2.45) is 0 Å². The van der Waals surface area contributed by atoms with Crippen LogP contribution in [0.2, 0.25) is 0 Å². The summed E-state index contributed by atoms with van der Waals surface area (Å²) in [4.78, 5) is 28.5. The number of rotatable bonds is 4. The molecule has 0 spiro atoms. The first-order valence-corrected chi connectivity index (χ1v) is 9.28. The van der Waals surface area contributed by atoms with E-state index in [1.807, 2.05) is 53.4 Å². The number of amides is 3. The molecule has 2 fully saturated rings. The largest absolute Gasteiger partial charge is 0.497 e. The lowest BCUT2D eigenvalue weighted by atomic mass is 10.0. The molecule has 0 saturated carbocycles. The Bertz CT molecular complexity index is 833. The molecule has 4 rings (SSSR count). The average Bonchev–Trinajstić information content (AvgIpc) is 3.37. The fourth-order valence-electron chi connectivity index (χ4n) is 3.85. The van der Waals surface area contributed by atoms with E-state index < -0.39 is 0 Å². The van der Waals surface area contributed by atoms with Crippen molar-refractivity contribution in [3.8, 4) is 5.75 Å². The minimum atomic E-state index is -0.0896. The Morgan fingerprint density at radius 3 is 2.44 bits per heavy atom. The fraction of sp³-hybridized carbons (Fsp3) is 0.333. The van der Waals surface area contributed by atoms with Crippen LogP contribution in [0.5, 0.6) is 5.75 Å². The van der Waals surface area contributed by atoms with E-state index >= 15 is 0 Å². The molecule has 6 nitrogen and oxygen atoms in total. The van der Waals surface area contributed by atoms with Gasteiger partial charge in [-0.25, -0.2) is 4.79 Å². The highest BCUT2D eigenvalue weighted by Crippen LogP contribution is 2.34. The summed E-state index contributed by atoms with van der Waals surface area (Å²) in [5.74, 6) is 0.849. The second kappa shape index (κ2) is 7.31. The van der Waals surface area contributed by atoms with E-state index in [0.717, 1.165) is 36.4 Å². The molecule has 3 amide bonds. The summed E-state index contributed by atoms with van der Waals surface area (Å²) in [6.07, 6.45) is 1.96. The van der Waals surface area contributed by atoms with Crippen LogP contribution in [0.25, 0.3) is 0 Å². The minimum absolute atomic E-state index is 0.0331. The van der Waals surface area contributed by atoms with Gasteiger partial charge in [0.05, 0.1) is 13.2 Å². The summed E-state index contributed by atoms with van der Waals surface area (Å²) in [5, 5.41) is 2.79. The van der Waals surface area contributed by atoms with E-state index in [1.165, 1.54) is 0 Å². The molecule has 2 heterocycles. The van der Waals surface area contributed by atoms with Crippen LogP contribution >= 0.6 is 0 Å². The Hall–Kier alpha value is -3.02. The number of nitrogens with one attached hydrogen (secondary N) is 1. The first kappa shape index (κ1) is 17.4. The van der Waals surface area contributed by atoms with Crippen molar-refractivity contribution in [3.05, 3.63) is 59.7 Å². The van der Waals surface area contributed by atoms with Gasteiger partial charge in [-0.15, -0.1) is 0 Å². The van der Waals surface area contributed by atoms with E-state index in [-0.39, 0.29) is 18.0 Å². The number of methoxy groups -OCH3 is 1. The Morgan fingerprint density at radius 2 is 1.81 bits per heavy atom. The zero-order valence-electron chi connectivity index (χ0n) is 15.4. The van der Waals surface area contributed by atoms with Crippen molar-refractivity contribution in [1.82, 2.24) is 10.2 Å². The third-order valence-corrected chi connectivity index (χ3v) is 5.30. The average molecular weight is 365 g/mol. The monoisotopic (exact) mass is 365 g/mol. The smallest absolute Gasteiger partial charge is 0.321 e. The number of carbonyl (C=O) groups is 2. The van der Waals surface area contributed by atoms with E-state index in [4.69, 9.17) is 4.74 Å². The molecule has 1 unspecified atom stereocenters. The first-order valence-electron chi connectivity index (χ1n) is 9.28. The molecule has 2 aliphatic heterocycles. The lowest BCUT2D eigenvalue weighted by molar-refractivity contribution is 0.0735. The van der Waals surface area contributed by atoms with Gasteiger partial charge in [-0.3, -0.25) is 9.69 Å². The van der Waals surface area contributed by atoms with E-state index in [9.17, 15) is 9.59 Å². The quantitative estimate of drug-likeness (QED) is 0.905. The molecule has 2 aromatic carbocycles. The lowest BCUT2D eigenvalue weighted by Crippen LogP contribution is -2.31. The second-order valence-electron chi connectivity index (χ2n) is 6.86. The van der Waals surface area contributed by atoms with Gasteiger partial charge < -0.3 is 15.0 Å². The minimum Gasteiger partial charge on any atom is -0.497 e. The predicted octanol–water partition coefficient (Wildman–Crippen LogP) is 3.20. The van der Waals surface area contributed by atoms with Crippen molar-refractivity contribution in [3.63, 3.8) is 0 Å². The zero-order chi connectivity index (χ0) is 18.8. The third-order valence-electron chi connectivity index (χ3n) is 5.30. The van der Waals surface area contributed by atoms with Crippen LogP contribution in [-0.2, 0) is 0 Å². The van der Waals surface area contributed by atoms with Crippen LogP contribution in [0.3, 0.4) is 0 Å². The molecular weight excluding hydrogens is 342 g/mol. The first-order chi connectivity index (χ1) is 13.2. The van der Waals surface area contributed by atoms with Crippen LogP contribution in [0, 0.1) is 0 Å². The molecule has 0 aromatic heterocycles. The Kier molecular flexibility index (Phi) is 4.71. The van der Waals surface area contributed by atoms with Crippen molar-refractivity contribution in [1.29, 1.82) is 0 Å². The maximum atomic E-state index is 13.1. The third kappa shape index (κ3) is 3.35. The normalized spacial score (nSPS) is 19.3. The van der Waals surface area contributed by atoms with Crippen molar-refractivity contribution in [2.75, 3.05) is 31.6 Å². The summed E-state index contributed by atoms with van der Waals surface area (Å²) in [5.41, 5.74) is 2.60. The topological polar surface area (TPSA) is 61.9 Å². The maximum Gasteiger partial charge on any atom is 0.321 e. The van der Waals surface area contributed by atoms with Crippen molar-refractivity contribution >= 4 is 17.6 Å². The van der Waals surface area contributed by atoms with Gasteiger partial charge in [-0.05, 0) is 54.8 Å². The number of likely N-dealkylation sites (tertiary alicyclic amines) is 1. The highest BCUT2D eigenvalue weighted by molar-refractivity contribution is 5.97. The van der Waals surface area contributed by atoms with Crippen LogP contribution in [0.1, 0.15) is 34.8 Å². The Labute approximate surface area is 158 Å². The lowest BCUT2D eigenvalue weighted by Gasteiger charge is -2.25. The standard InChI is InChI=1S/C21H23N3O3/c1-27-18-10-6-15(7-11-18)19-3-2-13-24(19)20(25)16-4-8-17(9-5-16)23-14-12-22-21(23)26/h4-11,19H,2-3,12-14H2,1H3,(H,22,26). The molecule has 0 bridgehead atoms. The van der Waals surface area contributed by atoms with Crippen LogP contribution in [-0.4, -0.2) is 43.6 Å². The summed E-state index contributed by atoms with van der Waals surface area (Å²) >= 11 is 0. The fourth-order valence-corrected chi connectivity index (χ4v) is 3.85. The van der Waals surface area contributed by atoms with Gasteiger partial charge in [-0.1, -0.05) is 12.1 Å². The number of anilines is 1. The molecule has 27 heavy (non-hydrogen) atoms. The van der Waals surface area contributed by atoms with Gasteiger partial charge in [0, 0.05) is 30.9 Å². The molecule has 0 radical (unpaired) electrons. The van der Waals surface area contributed by atoms with Gasteiger partial charge in [0.2, 0.25) is 0 Å². The number of hydrogen-bond acceptors (Lipinski definition) is 3. The van der Waals surface area contributed by atoms with E-state index in [2.05, 4.69) is 5.32 Å². The number of nitrogens with zero attached hydrogens (tertiary/aromatic N) is 2. The van der Waals surface area contributed by atoms with Gasteiger partial charge in [0.1, 0.15) is 5.75 Å². The molecule has 0 aliphatic carbocycles. The number of urea groups is 1. The highest BCUT2D eigenvalue weighted by atomic mass is 16.5. The predicted molar refractivity (Wildman–Crippen MR) is 103 cm³/mol. The van der Waals surface area contributed by atoms with Crippen LogP contribution < -0.4 is 15.0 Å². The van der Waals surface area contributed by atoms with Crippen LogP contribution in [0.4, 0.5) is 10.5 Å². The number of ether oxygens (including phenoxy) is 1. The zero-order valence-corrected chi connectivity index (χ0v) is 15.4. The number of hydrogen-bond donors (Lipinski definition) is 1. The van der Waals surface area contributed by atoms with Crippen LogP contribution in [0.15, 0.2) is 48.5 Å². The summed E-state index contributed by atoms with van der Waals surface area (Å²) in [6.45, 7) is 2.06. The molecule has 140 valence electrons. The highest BCUT2D eigenvalue weighted by Gasteiger charge is 2.31. The Balaban J connectivity index is 1.51. The number of benzene rings is 2. The Morgan fingerprint density at radius 1 is 1.07 bits per heavy atom. The summed E-state index contributed by atoms with van der Waals surface area (Å²) in [6, 6.07) is 15.2. The molecule has 1 atom stereocenters. The summed E-state index contributed by atoms with van der Waals surface area (Å²) < 4.78 is 5.22. The van der Waals surface area contributed by atoms with Crippen molar-refractivity contribution in [2.45, 2.75) is 18.9 Å². The van der Waals surface area contributed by atoms with Gasteiger partial charge in [0.15, 0.2) is 0 Å². The maximum absolute atomic E-state index is 13.1. The molecule has 2 saturated heterocycles. The van der Waals surface area contributed by atoms with Gasteiger partial charge >= 0.3 is 6.03 Å². The molecule has 6 heteroatoms. The van der Waals surface area contributed by atoms with Gasteiger partial charge in [0.25, 0.3) is 5.91 Å². The van der Waals surface area contributed by atoms with Crippen molar-refractivity contribution < 1.29 is 14.3 Å². The SMILES string of the molecule is COc1ccc(C2CCCN2C(=O)c2ccc(N3CCNC3=O)cc2)cc1. The second-order valence-corrected chi connectivity index (χ2v) is 6.86. The van der Waals surface area contributed by atoms with E-state index in [0.29, 0.717) is 18.7 Å². The molecule has 1 N–H and O–H groups in total. The summed E-state index contributed by atoms with van der Waals surface area (Å²) in [7, 11) is 1.65. The van der Waals surface area contributed by atoms with E-state index in [1.54, 1.807) is 12.0 Å². The molecule has 2 aliphatic rings. The molecule has 2 aromatic rings.